The van der Waals surface area contributed by atoms with Crippen molar-refractivity contribution in [3.63, 3.8) is 0 Å². The molecule has 1 nitrogen and oxygen atoms in total. The molecule has 2 aliphatic rings. The third-order valence-corrected chi connectivity index (χ3v) is 3.94. The van der Waals surface area contributed by atoms with E-state index in [4.69, 9.17) is 4.99 Å². The van der Waals surface area contributed by atoms with Crippen LogP contribution >= 0.6 is 0 Å². The fourth-order valence-electron chi connectivity index (χ4n) is 2.68. The largest absolute Gasteiger partial charge is 0.278 e. The summed E-state index contributed by atoms with van der Waals surface area (Å²) < 4.78 is 0. The standard InChI is InChI=1S/C15H21N/c1-4-12(3)15(5-2)11-10-14(16-15)13-8-6-7-9-13/h6-8H,3-5,9-11H2,1-2H3. The summed E-state index contributed by atoms with van der Waals surface area (Å²) in [4.78, 5) is 5.00. The molecule has 1 heterocycles. The summed E-state index contributed by atoms with van der Waals surface area (Å²) in [6.07, 6.45) is 12.0. The van der Waals surface area contributed by atoms with Gasteiger partial charge < -0.3 is 0 Å². The highest BCUT2D eigenvalue weighted by molar-refractivity contribution is 6.02. The van der Waals surface area contributed by atoms with Crippen LogP contribution in [0.15, 0.2) is 40.9 Å². The highest BCUT2D eigenvalue weighted by Gasteiger charge is 2.35. The zero-order valence-corrected chi connectivity index (χ0v) is 10.4. The Bertz CT molecular complexity index is 384. The Morgan fingerprint density at radius 1 is 1.50 bits per heavy atom. The molecule has 1 aliphatic carbocycles. The van der Waals surface area contributed by atoms with E-state index in [2.05, 4.69) is 38.7 Å². The summed E-state index contributed by atoms with van der Waals surface area (Å²) in [6.45, 7) is 8.63. The quantitative estimate of drug-likeness (QED) is 0.622. The van der Waals surface area contributed by atoms with Crippen molar-refractivity contribution in [1.29, 1.82) is 0 Å². The number of nitrogens with zero attached hydrogens (tertiary/aromatic N) is 1. The second-order valence-corrected chi connectivity index (χ2v) is 4.72. The number of hydrogen-bond donors (Lipinski definition) is 0. The predicted octanol–water partition coefficient (Wildman–Crippen LogP) is 4.22. The number of aliphatic imine (C=N–C) groups is 1. The number of hydrogen-bond acceptors (Lipinski definition) is 1. The molecule has 1 heteroatoms. The van der Waals surface area contributed by atoms with Gasteiger partial charge in [0.05, 0.1) is 5.54 Å². The average molecular weight is 215 g/mol. The van der Waals surface area contributed by atoms with Crippen molar-refractivity contribution in [2.75, 3.05) is 0 Å². The molecule has 0 amide bonds. The smallest absolute Gasteiger partial charge is 0.0818 e. The normalized spacial score (nSPS) is 28.1. The van der Waals surface area contributed by atoms with Crippen molar-refractivity contribution in [3.8, 4) is 0 Å². The summed E-state index contributed by atoms with van der Waals surface area (Å²) >= 11 is 0. The van der Waals surface area contributed by atoms with Crippen LogP contribution in [0.2, 0.25) is 0 Å². The van der Waals surface area contributed by atoms with Gasteiger partial charge in [0.1, 0.15) is 0 Å². The molecule has 1 atom stereocenters. The summed E-state index contributed by atoms with van der Waals surface area (Å²) in [5.74, 6) is 0. The van der Waals surface area contributed by atoms with E-state index >= 15 is 0 Å². The van der Waals surface area contributed by atoms with E-state index in [1.54, 1.807) is 0 Å². The second-order valence-electron chi connectivity index (χ2n) is 4.72. The van der Waals surface area contributed by atoms with Gasteiger partial charge in [0, 0.05) is 5.71 Å². The fourth-order valence-corrected chi connectivity index (χ4v) is 2.68. The molecular weight excluding hydrogens is 194 g/mol. The van der Waals surface area contributed by atoms with E-state index in [1.165, 1.54) is 16.9 Å². The molecule has 0 saturated heterocycles. The van der Waals surface area contributed by atoms with Gasteiger partial charge in [0.15, 0.2) is 0 Å². The number of allylic oxidation sites excluding steroid dienone is 4. The first-order valence-corrected chi connectivity index (χ1v) is 6.35. The third-order valence-electron chi connectivity index (χ3n) is 3.94. The minimum Gasteiger partial charge on any atom is -0.278 e. The predicted molar refractivity (Wildman–Crippen MR) is 71.0 cm³/mol. The van der Waals surface area contributed by atoms with E-state index < -0.39 is 0 Å². The van der Waals surface area contributed by atoms with Crippen LogP contribution in [0, 0.1) is 0 Å². The van der Waals surface area contributed by atoms with E-state index in [-0.39, 0.29) is 5.54 Å². The van der Waals surface area contributed by atoms with Crippen LogP contribution in [0.3, 0.4) is 0 Å². The molecule has 0 N–H and O–H groups in total. The zero-order valence-electron chi connectivity index (χ0n) is 10.4. The van der Waals surface area contributed by atoms with Crippen LogP contribution in [-0.4, -0.2) is 11.3 Å². The van der Waals surface area contributed by atoms with Crippen LogP contribution in [0.5, 0.6) is 0 Å². The maximum atomic E-state index is 5.00. The average Bonchev–Trinajstić information content (AvgIpc) is 2.96. The summed E-state index contributed by atoms with van der Waals surface area (Å²) in [6, 6.07) is 0. The Morgan fingerprint density at radius 2 is 2.31 bits per heavy atom. The first-order chi connectivity index (χ1) is 7.72. The van der Waals surface area contributed by atoms with Crippen molar-refractivity contribution in [2.45, 2.75) is 51.5 Å². The molecule has 0 spiro atoms. The fraction of sp³-hybridized carbons (Fsp3) is 0.533. The Kier molecular flexibility index (Phi) is 3.13. The van der Waals surface area contributed by atoms with Crippen LogP contribution in [0.1, 0.15) is 46.0 Å². The SMILES string of the molecule is C=C(CC)C1(CC)CCC(C2=CC=CC2)=N1. The van der Waals surface area contributed by atoms with Crippen molar-refractivity contribution < 1.29 is 0 Å². The highest BCUT2D eigenvalue weighted by Crippen LogP contribution is 2.38. The molecule has 0 radical (unpaired) electrons. The molecule has 0 aromatic carbocycles. The van der Waals surface area contributed by atoms with Gasteiger partial charge in [-0.25, -0.2) is 0 Å². The molecule has 0 bridgehead atoms. The summed E-state index contributed by atoms with van der Waals surface area (Å²) in [7, 11) is 0. The van der Waals surface area contributed by atoms with Crippen molar-refractivity contribution in [3.05, 3.63) is 36.0 Å². The lowest BCUT2D eigenvalue weighted by Crippen LogP contribution is -2.24. The van der Waals surface area contributed by atoms with Gasteiger partial charge in [-0.15, -0.1) is 0 Å². The molecule has 1 aliphatic heterocycles. The van der Waals surface area contributed by atoms with E-state index in [9.17, 15) is 0 Å². The molecule has 0 fully saturated rings. The Labute approximate surface area is 98.7 Å². The van der Waals surface area contributed by atoms with Crippen LogP contribution in [0.4, 0.5) is 0 Å². The maximum Gasteiger partial charge on any atom is 0.0818 e. The molecule has 16 heavy (non-hydrogen) atoms. The van der Waals surface area contributed by atoms with Crippen molar-refractivity contribution >= 4 is 5.71 Å². The Balaban J connectivity index is 2.22. The minimum absolute atomic E-state index is 0.0491. The maximum absolute atomic E-state index is 5.00. The lowest BCUT2D eigenvalue weighted by molar-refractivity contribution is 0.473. The van der Waals surface area contributed by atoms with E-state index in [0.29, 0.717) is 0 Å². The molecule has 1 unspecified atom stereocenters. The van der Waals surface area contributed by atoms with E-state index in [0.717, 1.165) is 32.1 Å². The van der Waals surface area contributed by atoms with E-state index in [1.807, 2.05) is 0 Å². The number of rotatable bonds is 4. The molecule has 0 saturated carbocycles. The lowest BCUT2D eigenvalue weighted by Gasteiger charge is -2.26. The van der Waals surface area contributed by atoms with Crippen LogP contribution in [-0.2, 0) is 0 Å². The molecular formula is C15H21N. The third kappa shape index (κ3) is 1.79. The molecule has 0 aromatic heterocycles. The zero-order chi connectivity index (χ0) is 11.6. The molecule has 0 aromatic rings. The first-order valence-electron chi connectivity index (χ1n) is 6.35. The Morgan fingerprint density at radius 3 is 2.88 bits per heavy atom. The highest BCUT2D eigenvalue weighted by atomic mass is 14.9. The van der Waals surface area contributed by atoms with Gasteiger partial charge in [-0.1, -0.05) is 44.2 Å². The van der Waals surface area contributed by atoms with Gasteiger partial charge in [-0.05, 0) is 37.7 Å². The molecule has 86 valence electrons. The summed E-state index contributed by atoms with van der Waals surface area (Å²) in [5.41, 5.74) is 4.09. The van der Waals surface area contributed by atoms with Gasteiger partial charge in [-0.2, -0.15) is 0 Å². The lowest BCUT2D eigenvalue weighted by atomic mass is 9.84. The second kappa shape index (κ2) is 4.40. The van der Waals surface area contributed by atoms with Crippen LogP contribution < -0.4 is 0 Å². The monoisotopic (exact) mass is 215 g/mol. The topological polar surface area (TPSA) is 12.4 Å². The van der Waals surface area contributed by atoms with Gasteiger partial charge in [0.25, 0.3) is 0 Å². The first kappa shape index (κ1) is 11.4. The summed E-state index contributed by atoms with van der Waals surface area (Å²) in [5, 5.41) is 0. The van der Waals surface area contributed by atoms with Gasteiger partial charge in [0.2, 0.25) is 0 Å². The van der Waals surface area contributed by atoms with Gasteiger partial charge in [-0.3, -0.25) is 4.99 Å². The van der Waals surface area contributed by atoms with Crippen molar-refractivity contribution in [1.82, 2.24) is 0 Å². The molecule has 2 rings (SSSR count). The van der Waals surface area contributed by atoms with Crippen LogP contribution in [0.25, 0.3) is 0 Å². The Hall–Kier alpha value is -1.11. The minimum atomic E-state index is 0.0491. The van der Waals surface area contributed by atoms with Gasteiger partial charge >= 0.3 is 0 Å². The van der Waals surface area contributed by atoms with Crippen molar-refractivity contribution in [2.24, 2.45) is 4.99 Å².